The van der Waals surface area contributed by atoms with Crippen molar-refractivity contribution in [3.8, 4) is 5.82 Å². The van der Waals surface area contributed by atoms with Crippen LogP contribution in [0.2, 0.25) is 0 Å². The van der Waals surface area contributed by atoms with E-state index >= 15 is 0 Å². The van der Waals surface area contributed by atoms with Crippen LogP contribution in [0.4, 0.5) is 5.95 Å². The average Bonchev–Trinajstić information content (AvgIpc) is 2.53. The fourth-order valence-corrected chi connectivity index (χ4v) is 0.990. The van der Waals surface area contributed by atoms with Crippen LogP contribution in [0.25, 0.3) is 5.82 Å². The van der Waals surface area contributed by atoms with Gasteiger partial charge < -0.3 is 5.73 Å². The fourth-order valence-electron chi connectivity index (χ4n) is 0.990. The Morgan fingerprint density at radius 1 is 1.54 bits per heavy atom. The van der Waals surface area contributed by atoms with Gasteiger partial charge in [-0.2, -0.15) is 4.98 Å². The van der Waals surface area contributed by atoms with Crippen molar-refractivity contribution in [3.63, 3.8) is 0 Å². The van der Waals surface area contributed by atoms with E-state index in [2.05, 4.69) is 15.0 Å². The summed E-state index contributed by atoms with van der Waals surface area (Å²) in [6.45, 7) is 0. The highest BCUT2D eigenvalue weighted by Gasteiger charge is 1.99. The van der Waals surface area contributed by atoms with Gasteiger partial charge in [-0.3, -0.25) is 14.3 Å². The number of nitrogens with two attached hydrogens (primary N) is 1. The van der Waals surface area contributed by atoms with Crippen molar-refractivity contribution in [3.05, 3.63) is 35.1 Å². The van der Waals surface area contributed by atoms with Crippen LogP contribution in [0.3, 0.4) is 0 Å². The van der Waals surface area contributed by atoms with Gasteiger partial charge in [-0.1, -0.05) is 0 Å². The van der Waals surface area contributed by atoms with Crippen molar-refractivity contribution in [1.82, 2.24) is 19.5 Å². The number of anilines is 1. The van der Waals surface area contributed by atoms with E-state index in [-0.39, 0.29) is 11.5 Å². The number of nitrogen functional groups attached to an aromatic ring is 1. The number of H-pyrrole nitrogens is 1. The summed E-state index contributed by atoms with van der Waals surface area (Å²) in [5.41, 5.74) is 5.08. The molecule has 2 aromatic rings. The number of nitrogens with one attached hydrogen (secondary N) is 1. The van der Waals surface area contributed by atoms with E-state index in [1.807, 2.05) is 0 Å². The van der Waals surface area contributed by atoms with Crippen LogP contribution in [0.15, 0.2) is 29.6 Å². The molecule has 0 aliphatic heterocycles. The first-order chi connectivity index (χ1) is 6.25. The Hall–Kier alpha value is -2.11. The first-order valence-electron chi connectivity index (χ1n) is 3.61. The standard InChI is InChI=1S/C7H7N5O/c8-7-10-5(3-6(13)11-7)12-2-1-9-4-12/h1-4H,(H3,8,10,11,13). The van der Waals surface area contributed by atoms with E-state index in [1.165, 1.54) is 6.07 Å². The number of aromatic nitrogens is 4. The molecule has 0 bridgehead atoms. The summed E-state index contributed by atoms with van der Waals surface area (Å²) in [4.78, 5) is 21.1. The van der Waals surface area contributed by atoms with Crippen molar-refractivity contribution < 1.29 is 0 Å². The molecular weight excluding hydrogens is 170 g/mol. The van der Waals surface area contributed by atoms with Crippen molar-refractivity contribution in [1.29, 1.82) is 0 Å². The van der Waals surface area contributed by atoms with E-state index < -0.39 is 0 Å². The monoisotopic (exact) mass is 177 g/mol. The van der Waals surface area contributed by atoms with Crippen LogP contribution in [-0.2, 0) is 0 Å². The Balaban J connectivity index is 2.59. The molecule has 6 heteroatoms. The van der Waals surface area contributed by atoms with Gasteiger partial charge in [0.15, 0.2) is 0 Å². The highest BCUT2D eigenvalue weighted by molar-refractivity contribution is 5.27. The van der Waals surface area contributed by atoms with Crippen LogP contribution >= 0.6 is 0 Å². The normalized spacial score (nSPS) is 10.2. The maximum Gasteiger partial charge on any atom is 0.254 e. The summed E-state index contributed by atoms with van der Waals surface area (Å²) in [5, 5.41) is 0. The zero-order valence-corrected chi connectivity index (χ0v) is 6.64. The third kappa shape index (κ3) is 1.41. The van der Waals surface area contributed by atoms with E-state index in [0.29, 0.717) is 5.82 Å². The van der Waals surface area contributed by atoms with Gasteiger partial charge >= 0.3 is 0 Å². The Morgan fingerprint density at radius 2 is 2.38 bits per heavy atom. The topological polar surface area (TPSA) is 89.6 Å². The van der Waals surface area contributed by atoms with E-state index in [0.717, 1.165) is 0 Å². The van der Waals surface area contributed by atoms with Crippen molar-refractivity contribution in [2.24, 2.45) is 0 Å². The molecule has 2 rings (SSSR count). The molecule has 3 N–H and O–H groups in total. The first kappa shape index (κ1) is 7.53. The van der Waals surface area contributed by atoms with E-state index in [1.54, 1.807) is 23.3 Å². The molecule has 66 valence electrons. The van der Waals surface area contributed by atoms with Crippen LogP contribution in [0.5, 0.6) is 0 Å². The molecule has 0 saturated heterocycles. The number of nitrogens with zero attached hydrogens (tertiary/aromatic N) is 3. The lowest BCUT2D eigenvalue weighted by atomic mass is 10.5. The summed E-state index contributed by atoms with van der Waals surface area (Å²) in [7, 11) is 0. The molecule has 0 aliphatic carbocycles. The molecule has 13 heavy (non-hydrogen) atoms. The third-order valence-corrected chi connectivity index (χ3v) is 1.52. The molecule has 2 aromatic heterocycles. The second-order valence-electron chi connectivity index (χ2n) is 2.46. The van der Waals surface area contributed by atoms with Gasteiger partial charge in [0.1, 0.15) is 12.1 Å². The van der Waals surface area contributed by atoms with Crippen molar-refractivity contribution >= 4 is 5.95 Å². The van der Waals surface area contributed by atoms with Crippen LogP contribution in [0, 0.1) is 0 Å². The lowest BCUT2D eigenvalue weighted by Gasteiger charge is -1.99. The van der Waals surface area contributed by atoms with Crippen LogP contribution < -0.4 is 11.3 Å². The molecule has 0 spiro atoms. The van der Waals surface area contributed by atoms with Crippen molar-refractivity contribution in [2.75, 3.05) is 5.73 Å². The maximum absolute atomic E-state index is 11.0. The summed E-state index contributed by atoms with van der Waals surface area (Å²) < 4.78 is 1.60. The lowest BCUT2D eigenvalue weighted by molar-refractivity contribution is 0.967. The van der Waals surface area contributed by atoms with Gasteiger partial charge in [0.2, 0.25) is 5.95 Å². The molecule has 0 aromatic carbocycles. The summed E-state index contributed by atoms with van der Waals surface area (Å²) in [5.74, 6) is 0.551. The minimum Gasteiger partial charge on any atom is -0.369 e. The largest absolute Gasteiger partial charge is 0.369 e. The zero-order valence-electron chi connectivity index (χ0n) is 6.64. The minimum atomic E-state index is -0.281. The quantitative estimate of drug-likeness (QED) is 0.616. The zero-order chi connectivity index (χ0) is 9.26. The van der Waals surface area contributed by atoms with Gasteiger partial charge in [-0.25, -0.2) is 4.98 Å². The number of aromatic amines is 1. The van der Waals surface area contributed by atoms with Crippen molar-refractivity contribution in [2.45, 2.75) is 0 Å². The Morgan fingerprint density at radius 3 is 3.00 bits per heavy atom. The summed E-state index contributed by atoms with van der Waals surface area (Å²) in [6.07, 6.45) is 4.82. The number of hydrogen-bond acceptors (Lipinski definition) is 4. The summed E-state index contributed by atoms with van der Waals surface area (Å²) >= 11 is 0. The highest BCUT2D eigenvalue weighted by atomic mass is 16.1. The smallest absolute Gasteiger partial charge is 0.254 e. The molecule has 6 nitrogen and oxygen atoms in total. The number of hydrogen-bond donors (Lipinski definition) is 2. The van der Waals surface area contributed by atoms with Gasteiger partial charge in [-0.05, 0) is 0 Å². The second kappa shape index (κ2) is 2.74. The molecule has 0 aliphatic rings. The van der Waals surface area contributed by atoms with E-state index in [9.17, 15) is 4.79 Å². The molecule has 2 heterocycles. The average molecular weight is 177 g/mol. The third-order valence-electron chi connectivity index (χ3n) is 1.52. The van der Waals surface area contributed by atoms with Crippen LogP contribution in [-0.4, -0.2) is 19.5 Å². The van der Waals surface area contributed by atoms with E-state index in [4.69, 9.17) is 5.73 Å². The first-order valence-corrected chi connectivity index (χ1v) is 3.61. The van der Waals surface area contributed by atoms with Gasteiger partial charge in [0.05, 0.1) is 0 Å². The minimum absolute atomic E-state index is 0.0937. The molecule has 0 radical (unpaired) electrons. The second-order valence-corrected chi connectivity index (χ2v) is 2.46. The van der Waals surface area contributed by atoms with Gasteiger partial charge in [0.25, 0.3) is 5.56 Å². The SMILES string of the molecule is Nc1nc(-n2ccnc2)cc(=O)[nH]1. The van der Waals surface area contributed by atoms with Crippen LogP contribution in [0.1, 0.15) is 0 Å². The molecule has 0 saturated carbocycles. The fraction of sp³-hybridized carbons (Fsp3) is 0. The lowest BCUT2D eigenvalue weighted by Crippen LogP contribution is -2.12. The Kier molecular flexibility index (Phi) is 1.59. The number of rotatable bonds is 1. The van der Waals surface area contributed by atoms with Gasteiger partial charge in [-0.15, -0.1) is 0 Å². The molecular formula is C7H7N5O. The summed E-state index contributed by atoms with van der Waals surface area (Å²) in [6, 6.07) is 1.35. The predicted octanol–water partition coefficient (Wildman–Crippen LogP) is -0.462. The predicted molar refractivity (Wildman–Crippen MR) is 46.4 cm³/mol. The van der Waals surface area contributed by atoms with Gasteiger partial charge in [0, 0.05) is 18.5 Å². The Bertz CT molecular complexity index is 458. The molecule has 0 unspecified atom stereocenters. The molecule has 0 fully saturated rings. The highest BCUT2D eigenvalue weighted by Crippen LogP contribution is 1.99. The Labute approximate surface area is 73.1 Å². The maximum atomic E-state index is 11.0. The number of imidazole rings is 1. The molecule has 0 atom stereocenters. The molecule has 0 amide bonds.